The lowest BCUT2D eigenvalue weighted by molar-refractivity contribution is -0.157. The molecule has 1 heterocycles. The monoisotopic (exact) mass is 424 g/mol. The van der Waals surface area contributed by atoms with Crippen LogP contribution in [-0.4, -0.2) is 37.0 Å². The van der Waals surface area contributed by atoms with Gasteiger partial charge in [0.1, 0.15) is 17.1 Å². The van der Waals surface area contributed by atoms with Gasteiger partial charge in [-0.15, -0.1) is 0 Å². The molecule has 0 spiro atoms. The Morgan fingerprint density at radius 1 is 1.10 bits per heavy atom. The number of fused-ring (bicyclic) bond motifs is 1. The molecule has 0 aliphatic carbocycles. The van der Waals surface area contributed by atoms with Crippen LogP contribution in [0.3, 0.4) is 0 Å². The molecule has 0 saturated heterocycles. The quantitative estimate of drug-likeness (QED) is 0.527. The van der Waals surface area contributed by atoms with Gasteiger partial charge in [-0.1, -0.05) is 12.1 Å². The third kappa shape index (κ3) is 5.31. The molecule has 0 amide bonds. The minimum Gasteiger partial charge on any atom is -0.482 e. The molecule has 1 aliphatic rings. The maximum atomic E-state index is 12.8. The Labute approximate surface area is 180 Å². The number of ketones is 1. The molecular formula is C24H24O7. The molecule has 2 aromatic rings. The smallest absolute Gasteiger partial charge is 0.344 e. The van der Waals surface area contributed by atoms with E-state index in [9.17, 15) is 14.4 Å². The summed E-state index contributed by atoms with van der Waals surface area (Å²) >= 11 is 0. The third-order valence-electron chi connectivity index (χ3n) is 4.35. The fourth-order valence-electron chi connectivity index (χ4n) is 3.06. The zero-order valence-electron chi connectivity index (χ0n) is 18.1. The number of hydrogen-bond acceptors (Lipinski definition) is 7. The van der Waals surface area contributed by atoms with E-state index in [4.69, 9.17) is 14.2 Å². The maximum Gasteiger partial charge on any atom is 0.344 e. The number of esters is 2. The summed E-state index contributed by atoms with van der Waals surface area (Å²) < 4.78 is 21.2. The largest absolute Gasteiger partial charge is 0.482 e. The number of benzene rings is 2. The maximum absolute atomic E-state index is 12.8. The van der Waals surface area contributed by atoms with E-state index in [2.05, 4.69) is 4.74 Å². The van der Waals surface area contributed by atoms with Crippen molar-refractivity contribution in [3.63, 3.8) is 0 Å². The third-order valence-corrected chi connectivity index (χ3v) is 4.35. The summed E-state index contributed by atoms with van der Waals surface area (Å²) in [4.78, 5) is 36.2. The number of ether oxygens (including phenoxy) is 4. The fraction of sp³-hybridized carbons (Fsp3) is 0.292. The lowest BCUT2D eigenvalue weighted by Gasteiger charge is -2.19. The molecule has 0 bridgehead atoms. The van der Waals surface area contributed by atoms with Gasteiger partial charge in [-0.25, -0.2) is 9.59 Å². The number of hydrogen-bond donors (Lipinski definition) is 0. The minimum absolute atomic E-state index is 0.160. The highest BCUT2D eigenvalue weighted by Crippen LogP contribution is 2.37. The van der Waals surface area contributed by atoms with Gasteiger partial charge in [0.2, 0.25) is 5.78 Å². The standard InChI is InChI=1S/C24H24O7/c1-14-10-17(29-13-20(25)31-24(2,3)4)12-18-21(14)22(26)19(30-18)11-15-6-8-16(9-7-15)23(27)28-5/h6-12H,13H2,1-5H3/b19-11-. The van der Waals surface area contributed by atoms with E-state index in [1.54, 1.807) is 70.2 Å². The van der Waals surface area contributed by atoms with E-state index < -0.39 is 17.5 Å². The molecule has 0 radical (unpaired) electrons. The van der Waals surface area contributed by atoms with Crippen molar-refractivity contribution in [1.29, 1.82) is 0 Å². The highest BCUT2D eigenvalue weighted by molar-refractivity contribution is 6.15. The summed E-state index contributed by atoms with van der Waals surface area (Å²) in [6, 6.07) is 9.86. The molecule has 3 rings (SSSR count). The molecule has 7 nitrogen and oxygen atoms in total. The molecule has 162 valence electrons. The summed E-state index contributed by atoms with van der Waals surface area (Å²) in [5.74, 6) is -0.246. The van der Waals surface area contributed by atoms with Crippen molar-refractivity contribution in [3.8, 4) is 11.5 Å². The summed E-state index contributed by atoms with van der Waals surface area (Å²) in [5, 5.41) is 0. The lowest BCUT2D eigenvalue weighted by atomic mass is 10.0. The van der Waals surface area contributed by atoms with E-state index in [1.165, 1.54) is 7.11 Å². The summed E-state index contributed by atoms with van der Waals surface area (Å²) in [5.41, 5.74) is 1.63. The van der Waals surface area contributed by atoms with Crippen molar-refractivity contribution in [1.82, 2.24) is 0 Å². The first-order valence-corrected chi connectivity index (χ1v) is 9.69. The summed E-state index contributed by atoms with van der Waals surface area (Å²) in [6.07, 6.45) is 1.60. The minimum atomic E-state index is -0.599. The van der Waals surface area contributed by atoms with E-state index in [1.807, 2.05) is 0 Å². The Balaban J connectivity index is 1.75. The van der Waals surface area contributed by atoms with Crippen LogP contribution in [0.1, 0.15) is 52.6 Å². The normalized spacial score (nSPS) is 14.1. The molecule has 0 unspecified atom stereocenters. The topological polar surface area (TPSA) is 88.1 Å². The van der Waals surface area contributed by atoms with Crippen LogP contribution in [0.25, 0.3) is 6.08 Å². The lowest BCUT2D eigenvalue weighted by Crippen LogP contribution is -2.27. The predicted octanol–water partition coefficient (Wildman–Crippen LogP) is 4.12. The second-order valence-electron chi connectivity index (χ2n) is 8.04. The molecule has 7 heteroatoms. The van der Waals surface area contributed by atoms with Gasteiger partial charge in [-0.3, -0.25) is 4.79 Å². The van der Waals surface area contributed by atoms with Gasteiger partial charge in [-0.05, 0) is 63.1 Å². The predicted molar refractivity (Wildman–Crippen MR) is 113 cm³/mol. The van der Waals surface area contributed by atoms with Crippen LogP contribution in [0.5, 0.6) is 11.5 Å². The number of allylic oxidation sites excluding steroid dienone is 1. The first kappa shape index (κ1) is 22.1. The Morgan fingerprint density at radius 3 is 2.39 bits per heavy atom. The Bertz CT molecular complexity index is 1060. The van der Waals surface area contributed by atoms with Crippen molar-refractivity contribution in [2.45, 2.75) is 33.3 Å². The number of carbonyl (C=O) groups excluding carboxylic acids is 3. The molecule has 1 aliphatic heterocycles. The summed E-state index contributed by atoms with van der Waals surface area (Å²) in [7, 11) is 1.31. The molecule has 0 aromatic heterocycles. The second-order valence-corrected chi connectivity index (χ2v) is 8.04. The molecule has 2 aromatic carbocycles. The SMILES string of the molecule is COC(=O)c1ccc(/C=C2\Oc3cc(OCC(=O)OC(C)(C)C)cc(C)c3C2=O)cc1. The van der Waals surface area contributed by atoms with Gasteiger partial charge in [0.05, 0.1) is 18.2 Å². The fourth-order valence-corrected chi connectivity index (χ4v) is 3.06. The Kier molecular flexibility index (Phi) is 6.15. The number of rotatable bonds is 5. The van der Waals surface area contributed by atoms with Gasteiger partial charge in [-0.2, -0.15) is 0 Å². The van der Waals surface area contributed by atoms with Crippen LogP contribution in [0.4, 0.5) is 0 Å². The van der Waals surface area contributed by atoms with E-state index >= 15 is 0 Å². The average Bonchev–Trinajstić information content (AvgIpc) is 3.01. The molecule has 0 fully saturated rings. The zero-order chi connectivity index (χ0) is 22.8. The van der Waals surface area contributed by atoms with Gasteiger partial charge in [0.15, 0.2) is 12.4 Å². The van der Waals surface area contributed by atoms with Gasteiger partial charge in [0, 0.05) is 6.07 Å². The van der Waals surface area contributed by atoms with Crippen molar-refractivity contribution in [3.05, 3.63) is 64.4 Å². The van der Waals surface area contributed by atoms with E-state index in [0.717, 1.165) is 0 Å². The van der Waals surface area contributed by atoms with Crippen molar-refractivity contribution >= 4 is 23.8 Å². The first-order valence-electron chi connectivity index (χ1n) is 9.69. The highest BCUT2D eigenvalue weighted by Gasteiger charge is 2.30. The van der Waals surface area contributed by atoms with Crippen molar-refractivity contribution < 1.29 is 33.3 Å². The van der Waals surface area contributed by atoms with Crippen LogP contribution in [-0.2, 0) is 14.3 Å². The summed E-state index contributed by atoms with van der Waals surface area (Å²) in [6.45, 7) is 6.86. The van der Waals surface area contributed by atoms with Crippen LogP contribution < -0.4 is 9.47 Å². The number of carbonyl (C=O) groups is 3. The Hall–Kier alpha value is -3.61. The van der Waals surface area contributed by atoms with Crippen LogP contribution in [0.2, 0.25) is 0 Å². The number of methoxy groups -OCH3 is 1. The van der Waals surface area contributed by atoms with E-state index in [0.29, 0.717) is 33.8 Å². The van der Waals surface area contributed by atoms with Crippen LogP contribution >= 0.6 is 0 Å². The van der Waals surface area contributed by atoms with E-state index in [-0.39, 0.29) is 18.1 Å². The molecule has 0 saturated carbocycles. The zero-order valence-corrected chi connectivity index (χ0v) is 18.1. The highest BCUT2D eigenvalue weighted by atomic mass is 16.6. The van der Waals surface area contributed by atoms with Gasteiger partial charge in [0.25, 0.3) is 0 Å². The van der Waals surface area contributed by atoms with Crippen molar-refractivity contribution in [2.24, 2.45) is 0 Å². The van der Waals surface area contributed by atoms with Crippen LogP contribution in [0.15, 0.2) is 42.2 Å². The molecule has 0 atom stereocenters. The van der Waals surface area contributed by atoms with Gasteiger partial charge < -0.3 is 18.9 Å². The molecular weight excluding hydrogens is 400 g/mol. The second kappa shape index (κ2) is 8.63. The van der Waals surface area contributed by atoms with Crippen molar-refractivity contribution in [2.75, 3.05) is 13.7 Å². The first-order chi connectivity index (χ1) is 14.6. The van der Waals surface area contributed by atoms with Crippen LogP contribution in [0, 0.1) is 6.92 Å². The van der Waals surface area contributed by atoms with Gasteiger partial charge >= 0.3 is 11.9 Å². The Morgan fingerprint density at radius 2 is 1.77 bits per heavy atom. The molecule has 31 heavy (non-hydrogen) atoms. The molecule has 0 N–H and O–H groups in total. The average molecular weight is 424 g/mol. The number of aryl methyl sites for hydroxylation is 1. The number of Topliss-reactive ketones (excluding diaryl/α,β-unsaturated/α-hetero) is 1.